The van der Waals surface area contributed by atoms with Crippen LogP contribution in [0.4, 0.5) is 21.0 Å². The number of fused-ring (bicyclic) bond motifs is 4. The SMILES string of the molecule is COCCOCCC(=O)C[C@@H](C(=O)N[C@H](C)C(=O)Cc1ccc(COC(=O)N2c3cc(OCCCOc4cc5c(cc4OC)C(=O)N4C[C@@H](O)C[C@H]4[C@H](O)N5C(=O)OCc4ccc(CC(=O)[C@@H](C)NC(=O)[C@H](CC(=O)CCOCCNC(=O)CCN5C(=O)C=CC5=O)C(C)C)cc4)c(OC)cc3C(=O)N3C[C@@H](O)C[C@H]3[C@@H]2O)cc1)C(C)C. The number of ether oxygens (including phenoxy) is 9. The lowest BCUT2D eigenvalue weighted by molar-refractivity contribution is -0.137. The minimum atomic E-state index is -1.74. The van der Waals surface area contributed by atoms with E-state index in [1.54, 1.807) is 83.3 Å². The molecule has 4 aromatic rings. The Hall–Kier alpha value is -10.8. The van der Waals surface area contributed by atoms with Crippen LogP contribution in [0.15, 0.2) is 84.9 Å². The molecule has 0 spiro atoms. The first-order valence-corrected chi connectivity index (χ1v) is 39.2. The van der Waals surface area contributed by atoms with E-state index in [0.29, 0.717) is 35.5 Å². The predicted molar refractivity (Wildman–Crippen MR) is 417 cm³/mol. The largest absolute Gasteiger partial charge is 0.493 e. The highest BCUT2D eigenvalue weighted by molar-refractivity contribution is 6.13. The molecule has 7 N–H and O–H groups in total. The number of carbonyl (C=O) groups excluding carboxylic acids is 13. The van der Waals surface area contributed by atoms with Gasteiger partial charge in [0.1, 0.15) is 24.8 Å². The first-order chi connectivity index (χ1) is 55.9. The van der Waals surface area contributed by atoms with Gasteiger partial charge in [0.15, 0.2) is 47.0 Å². The van der Waals surface area contributed by atoms with Gasteiger partial charge in [-0.3, -0.25) is 57.6 Å². The number of aliphatic hydroxyl groups is 4. The minimum absolute atomic E-state index is 0.000831. The van der Waals surface area contributed by atoms with Gasteiger partial charge in [0.2, 0.25) is 17.7 Å². The molecule has 5 aliphatic rings. The number of benzene rings is 4. The molecule has 5 heterocycles. The van der Waals surface area contributed by atoms with Crippen LogP contribution in [0.3, 0.4) is 0 Å². The van der Waals surface area contributed by atoms with E-state index in [-0.39, 0.29) is 223 Å². The van der Waals surface area contributed by atoms with E-state index in [2.05, 4.69) is 16.0 Å². The van der Waals surface area contributed by atoms with E-state index in [1.807, 2.05) is 13.8 Å². The van der Waals surface area contributed by atoms with Gasteiger partial charge in [0, 0.05) is 121 Å². The molecule has 0 radical (unpaired) electrons. The van der Waals surface area contributed by atoms with Crippen molar-refractivity contribution in [2.45, 2.75) is 168 Å². The van der Waals surface area contributed by atoms with E-state index < -0.39 is 108 Å². The molecule has 2 saturated heterocycles. The number of nitrogens with zero attached hydrogens (tertiary/aromatic N) is 5. The first kappa shape index (κ1) is 90.2. The van der Waals surface area contributed by atoms with Crippen LogP contribution in [-0.4, -0.2) is 254 Å². The number of anilines is 2. The Morgan fingerprint density at radius 2 is 0.906 bits per heavy atom. The number of methoxy groups -OCH3 is 3. The molecule has 34 nitrogen and oxygen atoms in total. The fourth-order valence-corrected chi connectivity index (χ4v) is 14.2. The van der Waals surface area contributed by atoms with Gasteiger partial charge in [-0.1, -0.05) is 76.2 Å². The molecule has 0 aliphatic carbocycles. The van der Waals surface area contributed by atoms with Crippen molar-refractivity contribution in [3.05, 3.63) is 118 Å². The maximum absolute atomic E-state index is 14.4. The average Bonchev–Trinajstić information content (AvgIpc) is 1.61. The van der Waals surface area contributed by atoms with Crippen molar-refractivity contribution in [1.82, 2.24) is 30.7 Å². The van der Waals surface area contributed by atoms with Crippen LogP contribution < -0.4 is 44.7 Å². The first-order valence-electron chi connectivity index (χ1n) is 39.2. The van der Waals surface area contributed by atoms with Gasteiger partial charge >= 0.3 is 12.2 Å². The third kappa shape index (κ3) is 23.8. The highest BCUT2D eigenvalue weighted by Crippen LogP contribution is 2.44. The summed E-state index contributed by atoms with van der Waals surface area (Å²) in [7, 11) is 4.22. The fraction of sp³-hybridized carbons (Fsp3) is 0.530. The Morgan fingerprint density at radius 1 is 0.496 bits per heavy atom. The number of nitrogens with one attached hydrogen (secondary N) is 3. The minimum Gasteiger partial charge on any atom is -0.493 e. The van der Waals surface area contributed by atoms with Gasteiger partial charge in [0.05, 0.1) is 119 Å². The second kappa shape index (κ2) is 42.4. The molecule has 0 unspecified atom stereocenters. The van der Waals surface area contributed by atoms with E-state index in [1.165, 1.54) is 48.3 Å². The Morgan fingerprint density at radius 3 is 1.31 bits per heavy atom. The van der Waals surface area contributed by atoms with Crippen LogP contribution in [0.2, 0.25) is 0 Å². The van der Waals surface area contributed by atoms with Crippen molar-refractivity contribution in [3.63, 3.8) is 0 Å². The number of ketones is 4. The average molecular weight is 1630 g/mol. The van der Waals surface area contributed by atoms with Gasteiger partial charge in [-0.05, 0) is 72.9 Å². The number of Topliss-reactive ketones (excluding diaryl/α,β-unsaturated/α-hetero) is 4. The Labute approximate surface area is 677 Å². The lowest BCUT2D eigenvalue weighted by Gasteiger charge is -2.31. The standard InChI is InChI=1S/C83H106N8O26/c1-47(2)59(35-55(92)22-28-112-30-24-84-73(98)21-25-87-74(99)19-20-75(87)100)76(101)85-49(5)67(96)33-51-11-15-53(16-12-51)45-116-82(107)90-63-41-71(69(110-8)39-61(63)78(103)88-43-57(94)37-65(88)80(90)105)114-26-10-27-115-72-42-64-62(40-70(72)111-9)79(104)89-44-58(95)38-66(89)81(106)91(64)83(108)117-46-54-17-13-52(14-18-54)34-68(97)50(6)86-77(102)60(48(3)4)36-56(93)23-29-113-32-31-109-7/h11-20,39-42,47-50,57-60,65-66,80-81,94-95,105-106H,10,21-38,43-46H2,1-9H3,(H,84,98)(H,85,101)(H,86,102)/t49-,50-,57+,58+,59-,60-,65+,66+,80+,81+/m1/s1. The van der Waals surface area contributed by atoms with Gasteiger partial charge in [-0.2, -0.15) is 0 Å². The smallest absolute Gasteiger partial charge is 0.416 e. The van der Waals surface area contributed by atoms with Crippen molar-refractivity contribution in [2.24, 2.45) is 23.7 Å². The summed E-state index contributed by atoms with van der Waals surface area (Å²) in [4.78, 5) is 178. The Kier molecular flexibility index (Phi) is 32.7. The van der Waals surface area contributed by atoms with E-state index in [4.69, 9.17) is 42.6 Å². The second-order valence-electron chi connectivity index (χ2n) is 30.1. The molecule has 0 saturated carbocycles. The molecule has 9 rings (SSSR count). The number of hydrogen-bond donors (Lipinski definition) is 7. The quantitative estimate of drug-likeness (QED) is 0.0241. The maximum Gasteiger partial charge on any atom is 0.416 e. The summed E-state index contributed by atoms with van der Waals surface area (Å²) in [5.74, 6) is -6.15. The summed E-state index contributed by atoms with van der Waals surface area (Å²) in [6.45, 7) is 10.3. The number of amides is 9. The summed E-state index contributed by atoms with van der Waals surface area (Å²) in [5, 5.41) is 53.7. The number of rotatable bonds is 43. The van der Waals surface area contributed by atoms with Crippen molar-refractivity contribution in [1.29, 1.82) is 0 Å². The van der Waals surface area contributed by atoms with Crippen LogP contribution in [-0.2, 0) is 92.9 Å². The zero-order chi connectivity index (χ0) is 84.9. The summed E-state index contributed by atoms with van der Waals surface area (Å²) >= 11 is 0. The molecule has 4 aromatic carbocycles. The third-order valence-electron chi connectivity index (χ3n) is 21.0. The molecule has 34 heteroatoms. The summed E-state index contributed by atoms with van der Waals surface area (Å²) in [5.41, 5.74) is 1.75. The lowest BCUT2D eigenvalue weighted by Crippen LogP contribution is -2.50. The Bertz CT molecular complexity index is 4260. The van der Waals surface area contributed by atoms with Gasteiger partial charge < -0.3 is 88.8 Å². The van der Waals surface area contributed by atoms with Crippen LogP contribution in [0.5, 0.6) is 23.0 Å². The topological polar surface area (TPSA) is 438 Å². The highest BCUT2D eigenvalue weighted by atomic mass is 16.6. The van der Waals surface area contributed by atoms with Crippen LogP contribution in [0, 0.1) is 23.7 Å². The molecule has 0 aromatic heterocycles. The van der Waals surface area contributed by atoms with Crippen molar-refractivity contribution >= 4 is 88.0 Å². The molecule has 2 fully saturated rings. The fourth-order valence-electron chi connectivity index (χ4n) is 14.2. The molecule has 5 aliphatic heterocycles. The predicted octanol–water partition coefficient (Wildman–Crippen LogP) is 4.24. The van der Waals surface area contributed by atoms with Gasteiger partial charge in [-0.25, -0.2) is 19.4 Å². The van der Waals surface area contributed by atoms with Crippen LogP contribution in [0.25, 0.3) is 0 Å². The van der Waals surface area contributed by atoms with Crippen LogP contribution >= 0.6 is 0 Å². The van der Waals surface area contributed by atoms with E-state index in [9.17, 15) is 82.8 Å². The normalized spacial score (nSPS) is 19.2. The number of carbonyl (C=O) groups is 13. The van der Waals surface area contributed by atoms with Crippen molar-refractivity contribution in [3.8, 4) is 23.0 Å². The summed E-state index contributed by atoms with van der Waals surface area (Å²) in [6, 6.07) is 14.6. The number of hydrogen-bond acceptors (Lipinski definition) is 26. The molecule has 9 amide bonds. The van der Waals surface area contributed by atoms with Gasteiger partial charge in [0.25, 0.3) is 23.6 Å². The summed E-state index contributed by atoms with van der Waals surface area (Å²) < 4.78 is 51.4. The van der Waals surface area contributed by atoms with Gasteiger partial charge in [-0.15, -0.1) is 0 Å². The zero-order valence-electron chi connectivity index (χ0n) is 67.3. The number of imide groups is 1. The van der Waals surface area contributed by atoms with Crippen molar-refractivity contribution < 1.29 is 125 Å². The van der Waals surface area contributed by atoms with E-state index >= 15 is 0 Å². The molecule has 634 valence electrons. The monoisotopic (exact) mass is 1630 g/mol. The lowest BCUT2D eigenvalue weighted by atomic mass is 9.88. The zero-order valence-corrected chi connectivity index (χ0v) is 67.3. The highest BCUT2D eigenvalue weighted by Gasteiger charge is 2.50. The molecular weight excluding hydrogens is 1520 g/mol. The van der Waals surface area contributed by atoms with Crippen molar-refractivity contribution in [2.75, 3.05) is 104 Å². The summed E-state index contributed by atoms with van der Waals surface area (Å²) in [6.07, 6.45) is -5.62. The molecule has 10 atom stereocenters. The second-order valence-corrected chi connectivity index (χ2v) is 30.1. The Balaban J connectivity index is 0.782. The van der Waals surface area contributed by atoms with E-state index in [0.717, 1.165) is 26.9 Å². The molecular formula is C83H106N8O26. The number of aliphatic hydroxyl groups excluding tert-OH is 4. The molecule has 0 bridgehead atoms. The van der Waals surface area contributed by atoms with Crippen LogP contribution in [0.1, 0.15) is 136 Å². The maximum atomic E-state index is 14.4. The molecule has 117 heavy (non-hydrogen) atoms. The third-order valence-corrected chi connectivity index (χ3v) is 21.0.